The average molecular weight is 388 g/mol. The van der Waals surface area contributed by atoms with Crippen molar-refractivity contribution in [3.63, 3.8) is 0 Å². The number of carbonyl (C=O) groups excluding carboxylic acids is 2. The van der Waals surface area contributed by atoms with Crippen molar-refractivity contribution in [1.82, 2.24) is 0 Å². The highest BCUT2D eigenvalue weighted by atomic mass is 31.2. The fraction of sp³-hybridized carbons (Fsp3) is 0.833. The highest BCUT2D eigenvalue weighted by Gasteiger charge is 2.33. The fourth-order valence-electron chi connectivity index (χ4n) is 1.46. The smallest absolute Gasteiger partial charge is 0.380 e. The van der Waals surface area contributed by atoms with Crippen LogP contribution in [0, 0.1) is 5.92 Å². The van der Waals surface area contributed by atoms with Crippen molar-refractivity contribution in [2.24, 2.45) is 16.9 Å². The second-order valence-electron chi connectivity index (χ2n) is 6.17. The van der Waals surface area contributed by atoms with Gasteiger partial charge in [0.25, 0.3) is 0 Å². The molecule has 0 amide bonds. The lowest BCUT2D eigenvalue weighted by Gasteiger charge is -2.27. The summed E-state index contributed by atoms with van der Waals surface area (Å²) in [6.07, 6.45) is -0.252. The highest BCUT2D eigenvalue weighted by molar-refractivity contribution is 7.52. The third-order valence-corrected chi connectivity index (χ3v) is 4.61. The second kappa shape index (κ2) is 9.08. The van der Waals surface area contributed by atoms with Crippen LogP contribution in [0.5, 0.6) is 0 Å². The van der Waals surface area contributed by atoms with Crippen molar-refractivity contribution < 1.29 is 36.8 Å². The van der Waals surface area contributed by atoms with Crippen LogP contribution in [0.1, 0.15) is 47.5 Å². The van der Waals surface area contributed by atoms with E-state index in [0.29, 0.717) is 0 Å². The first kappa shape index (κ1) is 23.2. The topological polar surface area (TPSA) is 157 Å². The van der Waals surface area contributed by atoms with Crippen molar-refractivity contribution in [2.45, 2.75) is 53.1 Å². The third-order valence-electron chi connectivity index (χ3n) is 2.38. The summed E-state index contributed by atoms with van der Waals surface area (Å²) in [4.78, 5) is 22.5. The molecule has 0 aromatic heterocycles. The molecular formula is C12H26N2O8P2. The number of hydrogen-bond acceptors (Lipinski definition) is 8. The van der Waals surface area contributed by atoms with Gasteiger partial charge in [-0.2, -0.15) is 0 Å². The third kappa shape index (κ3) is 11.7. The lowest BCUT2D eigenvalue weighted by molar-refractivity contribution is -0.137. The summed E-state index contributed by atoms with van der Waals surface area (Å²) in [7, 11) is -8.08. The fourth-order valence-corrected chi connectivity index (χ4v) is 3.57. The zero-order chi connectivity index (χ0) is 19.2. The van der Waals surface area contributed by atoms with Crippen LogP contribution in [0.2, 0.25) is 0 Å². The van der Waals surface area contributed by atoms with Gasteiger partial charge in [-0.05, 0) is 26.2 Å². The molecule has 0 aliphatic carbocycles. The molecule has 4 N–H and O–H groups in total. The van der Waals surface area contributed by atoms with E-state index < -0.39 is 33.0 Å². The van der Waals surface area contributed by atoms with Gasteiger partial charge >= 0.3 is 27.4 Å². The van der Waals surface area contributed by atoms with Gasteiger partial charge in [-0.3, -0.25) is 18.6 Å². The molecule has 0 rings (SSSR count). The molecular weight excluding hydrogens is 362 g/mol. The Bertz CT molecular complexity index is 549. The van der Waals surface area contributed by atoms with Gasteiger partial charge in [0.15, 0.2) is 0 Å². The highest BCUT2D eigenvalue weighted by Crippen LogP contribution is 2.45. The van der Waals surface area contributed by atoms with Crippen LogP contribution in [-0.4, -0.2) is 24.1 Å². The maximum atomic E-state index is 11.8. The van der Waals surface area contributed by atoms with E-state index in [1.54, 1.807) is 0 Å². The van der Waals surface area contributed by atoms with Gasteiger partial charge in [-0.15, -0.1) is 0 Å². The van der Waals surface area contributed by atoms with Crippen molar-refractivity contribution in [3.05, 3.63) is 0 Å². The summed E-state index contributed by atoms with van der Waals surface area (Å²) in [5.74, 6) is -1.67. The lowest BCUT2D eigenvalue weighted by atomic mass is 10.0. The predicted octanol–water partition coefficient (Wildman–Crippen LogP) is 2.47. The molecule has 0 radical (unpaired) electrons. The molecule has 0 aromatic rings. The molecule has 0 aliphatic rings. The molecule has 12 heteroatoms. The summed E-state index contributed by atoms with van der Waals surface area (Å²) in [5.41, 5.74) is 9.40. The quantitative estimate of drug-likeness (QED) is 0.533. The number of hydrogen-bond donors (Lipinski definition) is 2. The minimum absolute atomic E-state index is 0.00152. The Balaban J connectivity index is 4.50. The van der Waals surface area contributed by atoms with Crippen LogP contribution in [0.3, 0.4) is 0 Å². The van der Waals surface area contributed by atoms with Gasteiger partial charge in [0.2, 0.25) is 0 Å². The largest absolute Gasteiger partial charge is 0.458 e. The summed E-state index contributed by atoms with van der Waals surface area (Å²) >= 11 is 0. The lowest BCUT2D eigenvalue weighted by Crippen LogP contribution is -2.27. The van der Waals surface area contributed by atoms with Crippen LogP contribution in [0.4, 0.5) is 0 Å². The Kier molecular flexibility index (Phi) is 8.79. The molecule has 0 saturated heterocycles. The first-order chi connectivity index (χ1) is 10.6. The van der Waals surface area contributed by atoms with E-state index in [9.17, 15) is 18.7 Å². The Morgan fingerprint density at radius 2 is 1.62 bits per heavy atom. The van der Waals surface area contributed by atoms with E-state index in [1.807, 2.05) is 13.8 Å². The monoisotopic (exact) mass is 388 g/mol. The Labute approximate surface area is 141 Å². The maximum absolute atomic E-state index is 11.8. The molecule has 24 heavy (non-hydrogen) atoms. The van der Waals surface area contributed by atoms with Crippen LogP contribution in [0.15, 0.2) is 0 Å². The number of carbonyl (C=O) groups is 2. The van der Waals surface area contributed by atoms with E-state index in [2.05, 4.69) is 9.05 Å². The van der Waals surface area contributed by atoms with E-state index in [-0.39, 0.29) is 25.4 Å². The molecule has 10 nitrogen and oxygen atoms in total. The van der Waals surface area contributed by atoms with Crippen molar-refractivity contribution in [1.29, 1.82) is 0 Å². The zero-order valence-electron chi connectivity index (χ0n) is 14.5. The van der Waals surface area contributed by atoms with Crippen LogP contribution in [0.25, 0.3) is 0 Å². The molecule has 2 unspecified atom stereocenters. The van der Waals surface area contributed by atoms with Gasteiger partial charge in [0, 0.05) is 13.3 Å². The van der Waals surface area contributed by atoms with Gasteiger partial charge in [-0.25, -0.2) is 20.1 Å². The first-order valence-corrected chi connectivity index (χ1v) is 10.4. The Morgan fingerprint density at radius 1 is 1.08 bits per heavy atom. The maximum Gasteiger partial charge on any atom is 0.458 e. The zero-order valence-corrected chi connectivity index (χ0v) is 16.3. The van der Waals surface area contributed by atoms with Crippen LogP contribution in [-0.2, 0) is 36.8 Å². The molecule has 0 bridgehead atoms. The SMILES string of the molecule is CC(=O)OP(N)(=O)OC(C)(C)CCC(=O)OP(N)(=O)OCC(C)C. The standard InChI is InChI=1S/C12H26N2O8P2/c1-9(2)8-19-23(13,17)21-11(16)6-7-12(4,5)22-24(14,18)20-10(3)15/h9H,6-8H2,1-5H3,(H2,13,17)(H2,14,18). The Morgan fingerprint density at radius 3 is 2.08 bits per heavy atom. The summed E-state index contributed by atoms with van der Waals surface area (Å²) in [6, 6.07) is 0. The van der Waals surface area contributed by atoms with Gasteiger partial charge < -0.3 is 9.05 Å². The summed E-state index contributed by atoms with van der Waals surface area (Å²) < 4.78 is 42.4. The molecule has 0 heterocycles. The summed E-state index contributed by atoms with van der Waals surface area (Å²) in [5, 5.41) is 0. The minimum Gasteiger partial charge on any atom is -0.380 e. The normalized spacial score (nSPS) is 17.0. The second-order valence-corrected chi connectivity index (χ2v) is 9.13. The van der Waals surface area contributed by atoms with Crippen molar-refractivity contribution in [2.75, 3.05) is 6.61 Å². The molecule has 0 fully saturated rings. The summed E-state index contributed by atoms with van der Waals surface area (Å²) in [6.45, 7) is 7.71. The number of rotatable bonds is 10. The molecule has 0 spiro atoms. The van der Waals surface area contributed by atoms with Crippen LogP contribution >= 0.6 is 15.5 Å². The van der Waals surface area contributed by atoms with Crippen LogP contribution < -0.4 is 11.0 Å². The number of nitrogens with two attached hydrogens (primary N) is 2. The molecule has 2 atom stereocenters. The van der Waals surface area contributed by atoms with Crippen molar-refractivity contribution in [3.8, 4) is 0 Å². The predicted molar refractivity (Wildman–Crippen MR) is 86.6 cm³/mol. The van der Waals surface area contributed by atoms with E-state index in [1.165, 1.54) is 13.8 Å². The Hall–Kier alpha value is -0.760. The van der Waals surface area contributed by atoms with Gasteiger partial charge in [0.05, 0.1) is 12.2 Å². The molecule has 0 aromatic carbocycles. The average Bonchev–Trinajstić information content (AvgIpc) is 2.30. The van der Waals surface area contributed by atoms with E-state index >= 15 is 0 Å². The van der Waals surface area contributed by atoms with Gasteiger partial charge in [-0.1, -0.05) is 13.8 Å². The van der Waals surface area contributed by atoms with E-state index in [4.69, 9.17) is 20.1 Å². The molecule has 0 saturated carbocycles. The van der Waals surface area contributed by atoms with Gasteiger partial charge in [0.1, 0.15) is 0 Å². The van der Waals surface area contributed by atoms with Crippen molar-refractivity contribution >= 4 is 27.4 Å². The molecule has 0 aliphatic heterocycles. The van der Waals surface area contributed by atoms with E-state index in [0.717, 1.165) is 6.92 Å². The minimum atomic E-state index is -4.10. The molecule has 142 valence electrons. The first-order valence-electron chi connectivity index (χ1n) is 7.19.